The predicted octanol–water partition coefficient (Wildman–Crippen LogP) is 4.69. The van der Waals surface area contributed by atoms with Gasteiger partial charge in [-0.25, -0.2) is 4.98 Å². The summed E-state index contributed by atoms with van der Waals surface area (Å²) in [5, 5.41) is 3.79. The Labute approximate surface area is 179 Å². The van der Waals surface area contributed by atoms with Crippen LogP contribution in [0.5, 0.6) is 0 Å². The van der Waals surface area contributed by atoms with Crippen LogP contribution in [-0.4, -0.2) is 22.3 Å². The second kappa shape index (κ2) is 7.89. The van der Waals surface area contributed by atoms with Gasteiger partial charge in [-0.2, -0.15) is 0 Å². The summed E-state index contributed by atoms with van der Waals surface area (Å²) in [7, 11) is 0. The summed E-state index contributed by atoms with van der Waals surface area (Å²) in [6.45, 7) is 2.73. The Morgan fingerprint density at radius 3 is 2.60 bits per heavy atom. The highest BCUT2D eigenvalue weighted by Gasteiger charge is 2.23. The van der Waals surface area contributed by atoms with Crippen molar-refractivity contribution >= 4 is 38.8 Å². The van der Waals surface area contributed by atoms with E-state index >= 15 is 0 Å². The van der Waals surface area contributed by atoms with Gasteiger partial charge in [-0.1, -0.05) is 48.5 Å². The normalized spacial score (nSPS) is 13.9. The van der Waals surface area contributed by atoms with Gasteiger partial charge in [0.2, 0.25) is 0 Å². The number of carbonyl (C=O) groups excluding carboxylic acids is 1. The minimum absolute atomic E-state index is 0.189. The maximum atomic E-state index is 12.8. The van der Waals surface area contributed by atoms with Gasteiger partial charge in [-0.15, -0.1) is 11.3 Å². The number of hydrogen-bond acceptors (Lipinski definition) is 5. The first kappa shape index (κ1) is 18.8. The van der Waals surface area contributed by atoms with Crippen molar-refractivity contribution in [1.29, 1.82) is 0 Å². The summed E-state index contributed by atoms with van der Waals surface area (Å²) in [4.78, 5) is 21.4. The number of anilines is 2. The Morgan fingerprint density at radius 2 is 1.83 bits per heavy atom. The van der Waals surface area contributed by atoms with E-state index in [1.54, 1.807) is 0 Å². The molecule has 30 heavy (non-hydrogen) atoms. The highest BCUT2D eigenvalue weighted by Crippen LogP contribution is 2.35. The lowest BCUT2D eigenvalue weighted by molar-refractivity contribution is 0.103. The number of rotatable bonds is 4. The first-order valence-corrected chi connectivity index (χ1v) is 10.8. The van der Waals surface area contributed by atoms with E-state index in [4.69, 9.17) is 10.7 Å². The molecule has 0 atom stereocenters. The zero-order valence-corrected chi connectivity index (χ0v) is 17.3. The zero-order valence-electron chi connectivity index (χ0n) is 16.5. The minimum Gasteiger partial charge on any atom is -0.397 e. The minimum atomic E-state index is -0.189. The summed E-state index contributed by atoms with van der Waals surface area (Å²) in [5.41, 5.74) is 11.3. The van der Waals surface area contributed by atoms with Crippen LogP contribution in [0, 0.1) is 0 Å². The van der Waals surface area contributed by atoms with Crippen LogP contribution < -0.4 is 11.1 Å². The van der Waals surface area contributed by atoms with Gasteiger partial charge in [-0.3, -0.25) is 9.69 Å². The number of carbonyl (C=O) groups is 1. The molecule has 3 N–H and O–H groups in total. The molecule has 6 heteroatoms. The number of aromatic nitrogens is 1. The van der Waals surface area contributed by atoms with E-state index in [0.29, 0.717) is 10.6 Å². The molecule has 5 nitrogen and oxygen atoms in total. The molecule has 0 saturated carbocycles. The van der Waals surface area contributed by atoms with Gasteiger partial charge in [0.05, 0.1) is 5.69 Å². The molecule has 2 aromatic heterocycles. The average Bonchev–Trinajstić information content (AvgIpc) is 3.09. The third kappa shape index (κ3) is 3.67. The van der Waals surface area contributed by atoms with Gasteiger partial charge >= 0.3 is 0 Å². The number of para-hydroxylation sites is 1. The van der Waals surface area contributed by atoms with Crippen molar-refractivity contribution < 1.29 is 4.79 Å². The van der Waals surface area contributed by atoms with Crippen molar-refractivity contribution in [2.45, 2.75) is 19.5 Å². The summed E-state index contributed by atoms with van der Waals surface area (Å²) in [6, 6.07) is 22.1. The highest BCUT2D eigenvalue weighted by molar-refractivity contribution is 7.21. The van der Waals surface area contributed by atoms with Gasteiger partial charge < -0.3 is 11.1 Å². The van der Waals surface area contributed by atoms with Crippen molar-refractivity contribution in [2.75, 3.05) is 17.6 Å². The van der Waals surface area contributed by atoms with Gasteiger partial charge in [-0.05, 0) is 29.3 Å². The van der Waals surface area contributed by atoms with Crippen molar-refractivity contribution in [3.05, 3.63) is 88.4 Å². The number of thiophene rings is 1. The van der Waals surface area contributed by atoms with Crippen LogP contribution in [0.4, 0.5) is 11.4 Å². The quantitative estimate of drug-likeness (QED) is 0.508. The fraction of sp³-hybridized carbons (Fsp3) is 0.167. The fourth-order valence-corrected chi connectivity index (χ4v) is 4.90. The van der Waals surface area contributed by atoms with Crippen LogP contribution in [0.3, 0.4) is 0 Å². The SMILES string of the molecule is Nc1c(C(=O)Nc2ccccc2)sc2nc3c(cc12)CN(Cc1ccccc1)CC3. The van der Waals surface area contributed by atoms with E-state index in [1.807, 2.05) is 36.4 Å². The number of nitrogens with two attached hydrogens (primary N) is 1. The van der Waals surface area contributed by atoms with Crippen molar-refractivity contribution in [3.8, 4) is 0 Å². The van der Waals surface area contributed by atoms with Gasteiger partial charge in [0.15, 0.2) is 0 Å². The van der Waals surface area contributed by atoms with Crippen LogP contribution in [0.1, 0.15) is 26.5 Å². The smallest absolute Gasteiger partial charge is 0.267 e. The summed E-state index contributed by atoms with van der Waals surface area (Å²) in [5.74, 6) is -0.189. The lowest BCUT2D eigenvalue weighted by Gasteiger charge is -2.28. The standard InChI is InChI=1S/C24H22N4OS/c25-21-19-13-17-15-28(14-16-7-3-1-4-8-16)12-11-20(17)27-24(19)30-22(21)23(29)26-18-9-5-2-6-10-18/h1-10,13H,11-12,14-15,25H2,(H,26,29). The molecule has 3 heterocycles. The molecule has 0 saturated heterocycles. The maximum Gasteiger partial charge on any atom is 0.267 e. The van der Waals surface area contributed by atoms with Crippen LogP contribution >= 0.6 is 11.3 Å². The van der Waals surface area contributed by atoms with Gasteiger partial charge in [0.25, 0.3) is 5.91 Å². The molecule has 0 fully saturated rings. The van der Waals surface area contributed by atoms with E-state index in [9.17, 15) is 4.79 Å². The van der Waals surface area contributed by atoms with E-state index in [1.165, 1.54) is 22.5 Å². The van der Waals surface area contributed by atoms with Gasteiger partial charge in [0, 0.05) is 42.8 Å². The van der Waals surface area contributed by atoms with Crippen molar-refractivity contribution in [3.63, 3.8) is 0 Å². The third-order valence-electron chi connectivity index (χ3n) is 5.44. The first-order valence-electron chi connectivity index (χ1n) is 10.0. The Balaban J connectivity index is 1.41. The molecule has 1 aliphatic rings. The Bertz CT molecular complexity index is 1200. The van der Waals surface area contributed by atoms with Crippen LogP contribution in [0.15, 0.2) is 66.7 Å². The molecule has 1 aliphatic heterocycles. The molecule has 0 aliphatic carbocycles. The molecular weight excluding hydrogens is 392 g/mol. The molecule has 0 radical (unpaired) electrons. The number of benzene rings is 2. The summed E-state index contributed by atoms with van der Waals surface area (Å²) >= 11 is 1.37. The molecule has 0 bridgehead atoms. The molecule has 0 unspecified atom stereocenters. The molecule has 0 spiro atoms. The number of fused-ring (bicyclic) bond motifs is 2. The Kier molecular flexibility index (Phi) is 4.94. The number of hydrogen-bond donors (Lipinski definition) is 2. The number of pyridine rings is 1. The van der Waals surface area contributed by atoms with Crippen LogP contribution in [-0.2, 0) is 19.5 Å². The first-order chi connectivity index (χ1) is 14.7. The Hall–Kier alpha value is -3.22. The fourth-order valence-electron chi connectivity index (χ4n) is 3.91. The molecule has 4 aromatic rings. The highest BCUT2D eigenvalue weighted by atomic mass is 32.1. The monoisotopic (exact) mass is 414 g/mol. The lowest BCUT2D eigenvalue weighted by atomic mass is 10.0. The molecular formula is C24H22N4OS. The number of nitrogen functional groups attached to an aromatic ring is 1. The second-order valence-electron chi connectivity index (χ2n) is 7.56. The second-order valence-corrected chi connectivity index (χ2v) is 8.56. The maximum absolute atomic E-state index is 12.8. The van der Waals surface area contributed by atoms with Crippen molar-refractivity contribution in [1.82, 2.24) is 9.88 Å². The number of amides is 1. The van der Waals surface area contributed by atoms with E-state index < -0.39 is 0 Å². The number of nitrogens with one attached hydrogen (secondary N) is 1. The average molecular weight is 415 g/mol. The zero-order chi connectivity index (χ0) is 20.5. The van der Waals surface area contributed by atoms with E-state index in [-0.39, 0.29) is 5.91 Å². The van der Waals surface area contributed by atoms with E-state index in [0.717, 1.165) is 47.7 Å². The molecule has 2 aromatic carbocycles. The number of nitrogens with zero attached hydrogens (tertiary/aromatic N) is 2. The summed E-state index contributed by atoms with van der Waals surface area (Å²) in [6.07, 6.45) is 0.904. The van der Waals surface area contributed by atoms with Crippen LogP contribution in [0.25, 0.3) is 10.2 Å². The largest absolute Gasteiger partial charge is 0.397 e. The van der Waals surface area contributed by atoms with Crippen LogP contribution in [0.2, 0.25) is 0 Å². The van der Waals surface area contributed by atoms with Gasteiger partial charge in [0.1, 0.15) is 9.71 Å². The summed E-state index contributed by atoms with van der Waals surface area (Å²) < 4.78 is 0. The van der Waals surface area contributed by atoms with Crippen molar-refractivity contribution in [2.24, 2.45) is 0 Å². The third-order valence-corrected chi connectivity index (χ3v) is 6.55. The lowest BCUT2D eigenvalue weighted by Crippen LogP contribution is -2.30. The Morgan fingerprint density at radius 1 is 1.10 bits per heavy atom. The van der Waals surface area contributed by atoms with E-state index in [2.05, 4.69) is 40.5 Å². The molecule has 5 rings (SSSR count). The molecule has 150 valence electrons. The predicted molar refractivity (Wildman–Crippen MR) is 123 cm³/mol. The molecule has 1 amide bonds. The topological polar surface area (TPSA) is 71.2 Å².